The van der Waals surface area contributed by atoms with Crippen LogP contribution in [0.5, 0.6) is 0 Å². The van der Waals surface area contributed by atoms with E-state index in [1.54, 1.807) is 24.3 Å². The van der Waals surface area contributed by atoms with E-state index < -0.39 is 10.0 Å². The minimum Gasteiger partial charge on any atom is -0.383 e. The van der Waals surface area contributed by atoms with Gasteiger partial charge in [-0.25, -0.2) is 18.1 Å². The maximum Gasteiger partial charge on any atom is 0.240 e. The van der Waals surface area contributed by atoms with Crippen LogP contribution in [0.4, 0.5) is 5.69 Å². The van der Waals surface area contributed by atoms with Gasteiger partial charge in [-0.2, -0.15) is 0 Å². The number of rotatable bonds is 8. The van der Waals surface area contributed by atoms with Crippen LogP contribution < -0.4 is 15.8 Å². The maximum atomic E-state index is 12.3. The Bertz CT molecular complexity index is 911. The molecule has 0 atom stereocenters. The molecule has 0 unspecified atom stereocenters. The van der Waals surface area contributed by atoms with Crippen LogP contribution in [0.2, 0.25) is 0 Å². The molecule has 0 bridgehead atoms. The summed E-state index contributed by atoms with van der Waals surface area (Å²) in [6, 6.07) is 12.6. The van der Waals surface area contributed by atoms with Crippen LogP contribution >= 0.6 is 0 Å². The van der Waals surface area contributed by atoms with Crippen LogP contribution in [0, 0.1) is 13.8 Å². The van der Waals surface area contributed by atoms with Crippen LogP contribution in [0.15, 0.2) is 52.4 Å². The zero-order chi connectivity index (χ0) is 19.9. The molecule has 0 amide bonds. The van der Waals surface area contributed by atoms with Crippen molar-refractivity contribution in [1.29, 1.82) is 0 Å². The number of benzene rings is 2. The first-order chi connectivity index (χ1) is 12.8. The topological polar surface area (TPSA) is 106 Å². The Morgan fingerprint density at radius 3 is 2.63 bits per heavy atom. The molecule has 0 aliphatic rings. The summed E-state index contributed by atoms with van der Waals surface area (Å²) in [5.41, 5.74) is 9.91. The van der Waals surface area contributed by atoms with Gasteiger partial charge in [0.05, 0.1) is 18.0 Å². The van der Waals surface area contributed by atoms with Gasteiger partial charge in [-0.3, -0.25) is 0 Å². The Morgan fingerprint density at radius 2 is 1.93 bits per heavy atom. The fourth-order valence-corrected chi connectivity index (χ4v) is 3.44. The van der Waals surface area contributed by atoms with Crippen LogP contribution in [-0.2, 0) is 21.3 Å². The molecular formula is C19H26N4O3S. The van der Waals surface area contributed by atoms with Crippen molar-refractivity contribution in [2.45, 2.75) is 25.3 Å². The van der Waals surface area contributed by atoms with Crippen molar-refractivity contribution >= 4 is 21.7 Å². The number of aryl methyl sites for hydroxylation is 2. The highest BCUT2D eigenvalue weighted by molar-refractivity contribution is 7.89. The standard InChI is InChI=1S/C19H26N4O3S/c1-14-7-8-17(11-15(14)2)23-19(20)21-13-16-5-4-6-18(12-16)27(24,25)22-9-10-26-3/h4-8,11-12,22H,9-10,13H2,1-3H3,(H3,20,21,23). The molecule has 2 aromatic rings. The second kappa shape index (κ2) is 9.50. The third kappa shape index (κ3) is 6.35. The molecule has 27 heavy (non-hydrogen) atoms. The SMILES string of the molecule is COCCNS(=O)(=O)c1cccc(CN=C(N)Nc2ccc(C)c(C)c2)c1. The molecule has 8 heteroatoms. The molecule has 0 radical (unpaired) electrons. The summed E-state index contributed by atoms with van der Waals surface area (Å²) in [7, 11) is -2.06. The Morgan fingerprint density at radius 1 is 1.15 bits per heavy atom. The Balaban J connectivity index is 2.04. The lowest BCUT2D eigenvalue weighted by Crippen LogP contribution is -2.27. The summed E-state index contributed by atoms with van der Waals surface area (Å²) < 4.78 is 31.9. The fourth-order valence-electron chi connectivity index (χ4n) is 2.36. The van der Waals surface area contributed by atoms with Crippen LogP contribution in [-0.4, -0.2) is 34.6 Å². The summed E-state index contributed by atoms with van der Waals surface area (Å²) in [5, 5.41) is 3.04. The number of aliphatic imine (C=N–C) groups is 1. The van der Waals surface area contributed by atoms with Gasteiger partial charge in [0.2, 0.25) is 10.0 Å². The van der Waals surface area contributed by atoms with E-state index >= 15 is 0 Å². The number of anilines is 1. The number of nitrogens with zero attached hydrogens (tertiary/aromatic N) is 1. The number of nitrogens with one attached hydrogen (secondary N) is 2. The number of guanidine groups is 1. The van der Waals surface area contributed by atoms with Crippen molar-refractivity contribution in [2.75, 3.05) is 25.6 Å². The van der Waals surface area contributed by atoms with Crippen molar-refractivity contribution in [3.8, 4) is 0 Å². The third-order valence-corrected chi connectivity index (χ3v) is 5.48. The molecule has 7 nitrogen and oxygen atoms in total. The van der Waals surface area contributed by atoms with Gasteiger partial charge in [-0.1, -0.05) is 18.2 Å². The van der Waals surface area contributed by atoms with Gasteiger partial charge in [0.25, 0.3) is 0 Å². The van der Waals surface area contributed by atoms with E-state index in [2.05, 4.69) is 15.0 Å². The summed E-state index contributed by atoms with van der Waals surface area (Å²) in [6.45, 7) is 4.87. The normalized spacial score (nSPS) is 12.2. The van der Waals surface area contributed by atoms with Crippen molar-refractivity contribution < 1.29 is 13.2 Å². The van der Waals surface area contributed by atoms with Gasteiger partial charge in [0, 0.05) is 19.3 Å². The zero-order valence-corrected chi connectivity index (χ0v) is 16.6. The third-order valence-electron chi connectivity index (χ3n) is 4.02. The molecule has 0 aromatic heterocycles. The molecule has 0 heterocycles. The average molecular weight is 391 g/mol. The van der Waals surface area contributed by atoms with Crippen molar-refractivity contribution in [1.82, 2.24) is 4.72 Å². The van der Waals surface area contributed by atoms with E-state index in [0.29, 0.717) is 6.61 Å². The van der Waals surface area contributed by atoms with Gasteiger partial charge in [0.15, 0.2) is 5.96 Å². The van der Waals surface area contributed by atoms with Crippen molar-refractivity contribution in [3.63, 3.8) is 0 Å². The number of hydrogen-bond donors (Lipinski definition) is 3. The minimum atomic E-state index is -3.58. The van der Waals surface area contributed by atoms with Gasteiger partial charge >= 0.3 is 0 Å². The highest BCUT2D eigenvalue weighted by atomic mass is 32.2. The zero-order valence-electron chi connectivity index (χ0n) is 15.8. The Kier molecular flexibility index (Phi) is 7.35. The molecule has 2 rings (SSSR count). The second-order valence-corrected chi connectivity index (χ2v) is 7.93. The summed E-state index contributed by atoms with van der Waals surface area (Å²) >= 11 is 0. The predicted octanol–water partition coefficient (Wildman–Crippen LogP) is 2.15. The molecule has 0 aliphatic heterocycles. The Labute approximate surface area is 160 Å². The number of sulfonamides is 1. The first-order valence-electron chi connectivity index (χ1n) is 8.53. The van der Waals surface area contributed by atoms with E-state index in [4.69, 9.17) is 10.5 Å². The first-order valence-corrected chi connectivity index (χ1v) is 10.0. The van der Waals surface area contributed by atoms with E-state index in [-0.39, 0.29) is 23.9 Å². The average Bonchev–Trinajstić information content (AvgIpc) is 2.63. The lowest BCUT2D eigenvalue weighted by atomic mass is 10.1. The van der Waals surface area contributed by atoms with Crippen molar-refractivity contribution in [2.24, 2.45) is 10.7 Å². The van der Waals surface area contributed by atoms with Crippen molar-refractivity contribution in [3.05, 3.63) is 59.2 Å². The highest BCUT2D eigenvalue weighted by Crippen LogP contribution is 2.15. The minimum absolute atomic E-state index is 0.187. The summed E-state index contributed by atoms with van der Waals surface area (Å²) in [4.78, 5) is 4.48. The summed E-state index contributed by atoms with van der Waals surface area (Å²) in [5.74, 6) is 0.268. The number of hydrogen-bond acceptors (Lipinski definition) is 4. The van der Waals surface area contributed by atoms with E-state index in [1.807, 2.05) is 32.0 Å². The fraction of sp³-hybridized carbons (Fsp3) is 0.316. The monoisotopic (exact) mass is 390 g/mol. The number of nitrogens with two attached hydrogens (primary N) is 1. The molecule has 0 spiro atoms. The maximum absolute atomic E-state index is 12.3. The second-order valence-electron chi connectivity index (χ2n) is 6.16. The molecular weight excluding hydrogens is 364 g/mol. The molecule has 146 valence electrons. The summed E-state index contributed by atoms with van der Waals surface area (Å²) in [6.07, 6.45) is 0. The highest BCUT2D eigenvalue weighted by Gasteiger charge is 2.13. The molecule has 0 saturated heterocycles. The van der Waals surface area contributed by atoms with Gasteiger partial charge in [0.1, 0.15) is 0 Å². The quantitative estimate of drug-likeness (QED) is 0.364. The number of ether oxygens (including phenoxy) is 1. The van der Waals surface area contributed by atoms with Gasteiger partial charge in [-0.05, 0) is 54.8 Å². The van der Waals surface area contributed by atoms with E-state index in [9.17, 15) is 8.42 Å². The molecule has 0 aliphatic carbocycles. The lowest BCUT2D eigenvalue weighted by Gasteiger charge is -2.09. The molecule has 0 fully saturated rings. The van der Waals surface area contributed by atoms with Gasteiger partial charge in [-0.15, -0.1) is 0 Å². The Hall–Kier alpha value is -2.42. The smallest absolute Gasteiger partial charge is 0.240 e. The molecule has 2 aromatic carbocycles. The van der Waals surface area contributed by atoms with Crippen LogP contribution in [0.25, 0.3) is 0 Å². The van der Waals surface area contributed by atoms with Crippen LogP contribution in [0.3, 0.4) is 0 Å². The van der Waals surface area contributed by atoms with Crippen LogP contribution in [0.1, 0.15) is 16.7 Å². The first kappa shape index (κ1) is 20.9. The lowest BCUT2D eigenvalue weighted by molar-refractivity contribution is 0.204. The number of methoxy groups -OCH3 is 1. The molecule has 0 saturated carbocycles. The predicted molar refractivity (Wildman–Crippen MR) is 108 cm³/mol. The van der Waals surface area contributed by atoms with E-state index in [0.717, 1.165) is 16.8 Å². The van der Waals surface area contributed by atoms with E-state index in [1.165, 1.54) is 12.7 Å². The largest absolute Gasteiger partial charge is 0.383 e. The molecule has 4 N–H and O–H groups in total. The van der Waals surface area contributed by atoms with Gasteiger partial charge < -0.3 is 15.8 Å².